The first-order valence-electron chi connectivity index (χ1n) is 6.36. The Hall–Kier alpha value is -1.10. The molecule has 1 aromatic heterocycles. The van der Waals surface area contributed by atoms with E-state index in [1.807, 2.05) is 13.8 Å². The molecule has 100 valence electrons. The van der Waals surface area contributed by atoms with Gasteiger partial charge in [-0.2, -0.15) is 15.0 Å². The molecular formula is C12H19ClN4O. The van der Waals surface area contributed by atoms with Crippen molar-refractivity contribution in [3.8, 4) is 6.01 Å². The van der Waals surface area contributed by atoms with Gasteiger partial charge in [0.25, 0.3) is 0 Å². The van der Waals surface area contributed by atoms with Gasteiger partial charge in [-0.25, -0.2) is 0 Å². The molecule has 1 unspecified atom stereocenters. The first-order valence-corrected chi connectivity index (χ1v) is 6.74. The molecule has 1 atom stereocenters. The third-order valence-electron chi connectivity index (χ3n) is 2.94. The van der Waals surface area contributed by atoms with Crippen LogP contribution in [0.25, 0.3) is 0 Å². The summed E-state index contributed by atoms with van der Waals surface area (Å²) in [5.74, 6) is 1.97. The largest absolute Gasteiger partial charge is 0.461 e. The van der Waals surface area contributed by atoms with E-state index in [0.29, 0.717) is 11.9 Å². The van der Waals surface area contributed by atoms with Gasteiger partial charge in [0.15, 0.2) is 0 Å². The van der Waals surface area contributed by atoms with Gasteiger partial charge in [-0.3, -0.25) is 0 Å². The van der Waals surface area contributed by atoms with Crippen LogP contribution in [0.4, 0.5) is 5.95 Å². The minimum absolute atomic E-state index is 0.0155. The molecule has 0 saturated heterocycles. The first kappa shape index (κ1) is 13.3. The normalized spacial score (nSPS) is 16.7. The van der Waals surface area contributed by atoms with Crippen LogP contribution in [-0.4, -0.2) is 27.6 Å². The van der Waals surface area contributed by atoms with Crippen LogP contribution < -0.4 is 10.1 Å². The van der Waals surface area contributed by atoms with Crippen LogP contribution >= 0.6 is 11.6 Å². The smallest absolute Gasteiger partial charge is 0.322 e. The van der Waals surface area contributed by atoms with Gasteiger partial charge >= 0.3 is 6.01 Å². The molecule has 1 aromatic rings. The quantitative estimate of drug-likeness (QED) is 0.861. The fourth-order valence-corrected chi connectivity index (χ4v) is 1.91. The van der Waals surface area contributed by atoms with E-state index in [-0.39, 0.29) is 17.4 Å². The zero-order valence-corrected chi connectivity index (χ0v) is 11.7. The Bertz CT molecular complexity index is 409. The summed E-state index contributed by atoms with van der Waals surface area (Å²) in [5.41, 5.74) is 0. The highest BCUT2D eigenvalue weighted by atomic mass is 35.5. The maximum atomic E-state index is 5.84. The van der Waals surface area contributed by atoms with Crippen molar-refractivity contribution < 1.29 is 4.74 Å². The summed E-state index contributed by atoms with van der Waals surface area (Å²) in [4.78, 5) is 12.2. The van der Waals surface area contributed by atoms with Crippen LogP contribution in [0.5, 0.6) is 6.01 Å². The van der Waals surface area contributed by atoms with Crippen molar-refractivity contribution in [2.75, 3.05) is 11.9 Å². The van der Waals surface area contributed by atoms with Crippen molar-refractivity contribution in [2.45, 2.75) is 39.7 Å². The molecule has 0 radical (unpaired) electrons. The van der Waals surface area contributed by atoms with E-state index in [0.717, 1.165) is 12.5 Å². The van der Waals surface area contributed by atoms with Crippen LogP contribution in [-0.2, 0) is 0 Å². The lowest BCUT2D eigenvalue weighted by Gasteiger charge is -2.12. The molecule has 0 bridgehead atoms. The second kappa shape index (κ2) is 5.69. The number of nitrogens with zero attached hydrogens (tertiary/aromatic N) is 3. The van der Waals surface area contributed by atoms with Gasteiger partial charge in [-0.05, 0) is 50.1 Å². The summed E-state index contributed by atoms with van der Waals surface area (Å²) >= 11 is 5.84. The SMILES string of the molecule is CC(C)Oc1nc(Cl)nc(NCC(C)C2CC2)n1. The highest BCUT2D eigenvalue weighted by Gasteiger charge is 2.27. The summed E-state index contributed by atoms with van der Waals surface area (Å²) in [6.07, 6.45) is 2.69. The number of anilines is 1. The number of hydrogen-bond acceptors (Lipinski definition) is 5. The van der Waals surface area contributed by atoms with Crippen molar-refractivity contribution in [3.63, 3.8) is 0 Å². The van der Waals surface area contributed by atoms with Gasteiger partial charge in [0, 0.05) is 6.54 Å². The fourth-order valence-electron chi connectivity index (χ4n) is 1.76. The van der Waals surface area contributed by atoms with Crippen LogP contribution in [0, 0.1) is 11.8 Å². The molecule has 0 spiro atoms. The van der Waals surface area contributed by atoms with E-state index >= 15 is 0 Å². The molecular weight excluding hydrogens is 252 g/mol. The molecule has 1 fully saturated rings. The van der Waals surface area contributed by atoms with Gasteiger partial charge in [0.05, 0.1) is 6.10 Å². The number of aromatic nitrogens is 3. The van der Waals surface area contributed by atoms with Gasteiger partial charge in [-0.1, -0.05) is 6.92 Å². The Morgan fingerprint density at radius 1 is 1.28 bits per heavy atom. The average Bonchev–Trinajstić information content (AvgIpc) is 3.07. The minimum atomic E-state index is 0.0155. The molecule has 1 saturated carbocycles. The van der Waals surface area contributed by atoms with Gasteiger partial charge in [0.1, 0.15) is 0 Å². The van der Waals surface area contributed by atoms with E-state index in [1.165, 1.54) is 12.8 Å². The third-order valence-corrected chi connectivity index (χ3v) is 3.11. The zero-order valence-electron chi connectivity index (χ0n) is 11.0. The van der Waals surface area contributed by atoms with Crippen LogP contribution in [0.2, 0.25) is 5.28 Å². The Labute approximate surface area is 112 Å². The Kier molecular flexibility index (Phi) is 4.22. The molecule has 0 aliphatic heterocycles. The molecule has 1 heterocycles. The van der Waals surface area contributed by atoms with Gasteiger partial charge < -0.3 is 10.1 Å². The predicted octanol–water partition coefficient (Wildman–Crippen LogP) is 2.77. The Morgan fingerprint density at radius 2 is 2.00 bits per heavy atom. The highest BCUT2D eigenvalue weighted by Crippen LogP contribution is 2.36. The zero-order chi connectivity index (χ0) is 13.1. The molecule has 1 aliphatic carbocycles. The summed E-state index contributed by atoms with van der Waals surface area (Å²) in [7, 11) is 0. The summed E-state index contributed by atoms with van der Waals surface area (Å²) in [6, 6.07) is 0.270. The Balaban J connectivity index is 1.95. The predicted molar refractivity (Wildman–Crippen MR) is 71.0 cm³/mol. The van der Waals surface area contributed by atoms with E-state index in [1.54, 1.807) is 0 Å². The van der Waals surface area contributed by atoms with Crippen molar-refractivity contribution in [3.05, 3.63) is 5.28 Å². The molecule has 18 heavy (non-hydrogen) atoms. The van der Waals surface area contributed by atoms with E-state index in [2.05, 4.69) is 27.2 Å². The van der Waals surface area contributed by atoms with Crippen LogP contribution in [0.3, 0.4) is 0 Å². The van der Waals surface area contributed by atoms with Crippen molar-refractivity contribution in [1.82, 2.24) is 15.0 Å². The molecule has 2 rings (SSSR count). The Morgan fingerprint density at radius 3 is 2.61 bits per heavy atom. The number of halogens is 1. The number of rotatable bonds is 6. The average molecular weight is 271 g/mol. The second-order valence-corrected chi connectivity index (χ2v) is 5.41. The lowest BCUT2D eigenvalue weighted by molar-refractivity contribution is 0.222. The van der Waals surface area contributed by atoms with E-state index in [9.17, 15) is 0 Å². The third kappa shape index (κ3) is 3.98. The van der Waals surface area contributed by atoms with Crippen molar-refractivity contribution in [1.29, 1.82) is 0 Å². The van der Waals surface area contributed by atoms with Gasteiger partial charge in [0.2, 0.25) is 11.2 Å². The molecule has 0 aromatic carbocycles. The monoisotopic (exact) mass is 270 g/mol. The summed E-state index contributed by atoms with van der Waals surface area (Å²) in [6.45, 7) is 6.92. The standard InChI is InChI=1S/C12H19ClN4O/c1-7(2)18-12-16-10(13)15-11(17-12)14-6-8(3)9-4-5-9/h7-9H,4-6H2,1-3H3,(H,14,15,16,17). The van der Waals surface area contributed by atoms with Crippen LogP contribution in [0.15, 0.2) is 0 Å². The lowest BCUT2D eigenvalue weighted by atomic mass is 10.1. The molecule has 1 N–H and O–H groups in total. The molecule has 1 aliphatic rings. The first-order chi connectivity index (χ1) is 8.54. The maximum absolute atomic E-state index is 5.84. The second-order valence-electron chi connectivity index (χ2n) is 5.07. The van der Waals surface area contributed by atoms with E-state index in [4.69, 9.17) is 16.3 Å². The molecule has 0 amide bonds. The number of ether oxygens (including phenoxy) is 1. The maximum Gasteiger partial charge on any atom is 0.322 e. The summed E-state index contributed by atoms with van der Waals surface area (Å²) in [5, 5.41) is 3.35. The van der Waals surface area contributed by atoms with Gasteiger partial charge in [-0.15, -0.1) is 0 Å². The number of nitrogens with one attached hydrogen (secondary N) is 1. The topological polar surface area (TPSA) is 59.9 Å². The van der Waals surface area contributed by atoms with Crippen molar-refractivity contribution in [2.24, 2.45) is 11.8 Å². The minimum Gasteiger partial charge on any atom is -0.461 e. The van der Waals surface area contributed by atoms with Crippen LogP contribution in [0.1, 0.15) is 33.6 Å². The van der Waals surface area contributed by atoms with Crippen molar-refractivity contribution >= 4 is 17.5 Å². The molecule has 5 nitrogen and oxygen atoms in total. The number of hydrogen-bond donors (Lipinski definition) is 1. The lowest BCUT2D eigenvalue weighted by Crippen LogP contribution is -2.16. The summed E-state index contributed by atoms with van der Waals surface area (Å²) < 4.78 is 5.42. The highest BCUT2D eigenvalue weighted by molar-refractivity contribution is 6.28. The van der Waals surface area contributed by atoms with E-state index < -0.39 is 0 Å². The fraction of sp³-hybridized carbons (Fsp3) is 0.750. The molecule has 6 heteroatoms.